The quantitative estimate of drug-likeness (QED) is 0.832. The molecule has 2 aromatic heterocycles. The van der Waals surface area contributed by atoms with E-state index in [1.807, 2.05) is 13.8 Å². The molecule has 5 nitrogen and oxygen atoms in total. The minimum absolute atomic E-state index is 0.00810. The predicted molar refractivity (Wildman–Crippen MR) is 82.5 cm³/mol. The summed E-state index contributed by atoms with van der Waals surface area (Å²) in [5.74, 6) is -0.00810. The van der Waals surface area contributed by atoms with Gasteiger partial charge in [0.1, 0.15) is 0 Å². The molecule has 0 aliphatic carbocycles. The van der Waals surface area contributed by atoms with Gasteiger partial charge in [0.25, 0.3) is 0 Å². The Morgan fingerprint density at radius 1 is 1.43 bits per heavy atom. The van der Waals surface area contributed by atoms with Crippen molar-refractivity contribution in [2.45, 2.75) is 39.8 Å². The Morgan fingerprint density at radius 2 is 2.19 bits per heavy atom. The van der Waals surface area contributed by atoms with E-state index in [4.69, 9.17) is 17.3 Å². The number of pyridine rings is 1. The van der Waals surface area contributed by atoms with E-state index < -0.39 is 0 Å². The van der Waals surface area contributed by atoms with E-state index in [9.17, 15) is 4.79 Å². The number of carbonyl (C=O) groups excluding carboxylic acids is 1. The van der Waals surface area contributed by atoms with Gasteiger partial charge in [-0.2, -0.15) is 5.10 Å². The maximum atomic E-state index is 12.4. The highest BCUT2D eigenvalue weighted by Gasteiger charge is 2.18. The largest absolute Gasteiger partial charge is 0.325 e. The van der Waals surface area contributed by atoms with Crippen molar-refractivity contribution in [3.8, 4) is 0 Å². The summed E-state index contributed by atoms with van der Waals surface area (Å²) >= 11 is 6.33. The summed E-state index contributed by atoms with van der Waals surface area (Å²) in [5, 5.41) is 5.03. The first-order valence-corrected chi connectivity index (χ1v) is 7.40. The van der Waals surface area contributed by atoms with E-state index in [1.165, 1.54) is 0 Å². The molecule has 0 saturated carbocycles. The smallest absolute Gasteiger partial charge is 0.168 e. The van der Waals surface area contributed by atoms with Gasteiger partial charge < -0.3 is 5.73 Å². The van der Waals surface area contributed by atoms with Gasteiger partial charge in [-0.05, 0) is 25.5 Å². The molecule has 112 valence electrons. The number of aryl methyl sites for hydroxylation is 2. The van der Waals surface area contributed by atoms with Crippen LogP contribution < -0.4 is 5.73 Å². The summed E-state index contributed by atoms with van der Waals surface area (Å²) in [7, 11) is 0. The van der Waals surface area contributed by atoms with Crippen molar-refractivity contribution in [3.63, 3.8) is 0 Å². The number of carbonyl (C=O) groups is 1. The van der Waals surface area contributed by atoms with Gasteiger partial charge >= 0.3 is 0 Å². The fourth-order valence-electron chi connectivity index (χ4n) is 2.20. The number of rotatable bonds is 6. The van der Waals surface area contributed by atoms with Crippen molar-refractivity contribution in [2.75, 3.05) is 0 Å². The normalized spacial score (nSPS) is 10.9. The second-order valence-electron chi connectivity index (χ2n) is 4.72. The van der Waals surface area contributed by atoms with Crippen molar-refractivity contribution < 1.29 is 4.79 Å². The van der Waals surface area contributed by atoms with Gasteiger partial charge in [0, 0.05) is 24.8 Å². The Hall–Kier alpha value is -1.72. The standard InChI is InChI=1S/C15H19ClN4O/c1-3-12-15(16)13(20(4-2)19-12)8-14(21)10-5-6-18-11(7-10)9-17/h5-7H,3-4,8-9,17H2,1-2H3. The van der Waals surface area contributed by atoms with Gasteiger partial charge in [-0.3, -0.25) is 14.5 Å². The maximum Gasteiger partial charge on any atom is 0.168 e. The van der Waals surface area contributed by atoms with Gasteiger partial charge in [0.05, 0.1) is 28.5 Å². The second kappa shape index (κ2) is 6.83. The fraction of sp³-hybridized carbons (Fsp3) is 0.400. The van der Waals surface area contributed by atoms with E-state index >= 15 is 0 Å². The van der Waals surface area contributed by atoms with Crippen molar-refractivity contribution in [1.82, 2.24) is 14.8 Å². The number of hydrogen-bond donors (Lipinski definition) is 1. The Bertz CT molecular complexity index is 651. The molecule has 0 aliphatic rings. The first-order chi connectivity index (χ1) is 10.1. The van der Waals surface area contributed by atoms with Crippen LogP contribution in [0, 0.1) is 0 Å². The summed E-state index contributed by atoms with van der Waals surface area (Å²) in [6.45, 7) is 4.98. The predicted octanol–water partition coefficient (Wildman–Crippen LogP) is 2.40. The van der Waals surface area contributed by atoms with Crippen LogP contribution >= 0.6 is 11.6 Å². The number of nitrogens with zero attached hydrogens (tertiary/aromatic N) is 3. The second-order valence-corrected chi connectivity index (χ2v) is 5.09. The molecule has 0 unspecified atom stereocenters. The van der Waals surface area contributed by atoms with E-state index in [1.54, 1.807) is 23.0 Å². The van der Waals surface area contributed by atoms with Crippen LogP contribution in [0.25, 0.3) is 0 Å². The molecule has 6 heteroatoms. The average molecular weight is 307 g/mol. The molecule has 0 aromatic carbocycles. The first-order valence-electron chi connectivity index (χ1n) is 7.02. The third-order valence-corrected chi connectivity index (χ3v) is 3.81. The monoisotopic (exact) mass is 306 g/mol. The zero-order valence-corrected chi connectivity index (χ0v) is 13.0. The van der Waals surface area contributed by atoms with Crippen LogP contribution in [0.15, 0.2) is 18.3 Å². The molecule has 2 rings (SSSR count). The van der Waals surface area contributed by atoms with Crippen molar-refractivity contribution in [3.05, 3.63) is 46.0 Å². The minimum Gasteiger partial charge on any atom is -0.325 e. The van der Waals surface area contributed by atoms with Gasteiger partial charge in [-0.25, -0.2) is 0 Å². The van der Waals surface area contributed by atoms with Crippen LogP contribution in [0.4, 0.5) is 0 Å². The van der Waals surface area contributed by atoms with E-state index in [2.05, 4.69) is 10.1 Å². The summed E-state index contributed by atoms with van der Waals surface area (Å²) in [6.07, 6.45) is 2.58. The topological polar surface area (TPSA) is 73.8 Å². The molecular formula is C15H19ClN4O. The molecule has 0 bridgehead atoms. The summed E-state index contributed by atoms with van der Waals surface area (Å²) in [6, 6.07) is 3.42. The number of ketones is 1. The van der Waals surface area contributed by atoms with Crippen LogP contribution in [0.1, 0.15) is 41.3 Å². The Balaban J connectivity index is 2.28. The third kappa shape index (κ3) is 3.31. The molecule has 0 aliphatic heterocycles. The Kier molecular flexibility index (Phi) is 5.09. The van der Waals surface area contributed by atoms with Crippen LogP contribution in [-0.2, 0) is 25.9 Å². The van der Waals surface area contributed by atoms with Crippen LogP contribution in [0.3, 0.4) is 0 Å². The molecule has 0 spiro atoms. The van der Waals surface area contributed by atoms with Crippen molar-refractivity contribution >= 4 is 17.4 Å². The number of hydrogen-bond acceptors (Lipinski definition) is 4. The molecule has 2 heterocycles. The van der Waals surface area contributed by atoms with Crippen molar-refractivity contribution in [1.29, 1.82) is 0 Å². The van der Waals surface area contributed by atoms with E-state index in [0.29, 0.717) is 29.4 Å². The zero-order chi connectivity index (χ0) is 15.4. The maximum absolute atomic E-state index is 12.4. The first kappa shape index (κ1) is 15.7. The van der Waals surface area contributed by atoms with Crippen LogP contribution in [-0.4, -0.2) is 20.5 Å². The summed E-state index contributed by atoms with van der Waals surface area (Å²) < 4.78 is 1.80. The SMILES string of the molecule is CCc1nn(CC)c(CC(=O)c2ccnc(CN)c2)c1Cl. The van der Waals surface area contributed by atoms with Crippen LogP contribution in [0.5, 0.6) is 0 Å². The molecule has 0 saturated heterocycles. The van der Waals surface area contributed by atoms with E-state index in [-0.39, 0.29) is 12.2 Å². The van der Waals surface area contributed by atoms with Gasteiger partial charge in [-0.1, -0.05) is 18.5 Å². The number of halogens is 1. The van der Waals surface area contributed by atoms with Crippen LogP contribution in [0.2, 0.25) is 5.02 Å². The number of nitrogens with two attached hydrogens (primary N) is 1. The number of Topliss-reactive ketones (excluding diaryl/α,β-unsaturated/α-hetero) is 1. The average Bonchev–Trinajstić information content (AvgIpc) is 2.83. The highest BCUT2D eigenvalue weighted by molar-refractivity contribution is 6.32. The number of aromatic nitrogens is 3. The Labute approximate surface area is 129 Å². The highest BCUT2D eigenvalue weighted by Crippen LogP contribution is 2.23. The lowest BCUT2D eigenvalue weighted by Crippen LogP contribution is -2.11. The lowest BCUT2D eigenvalue weighted by atomic mass is 10.1. The fourth-order valence-corrected chi connectivity index (χ4v) is 2.54. The van der Waals surface area contributed by atoms with Gasteiger partial charge in [0.2, 0.25) is 0 Å². The molecule has 0 radical (unpaired) electrons. The minimum atomic E-state index is -0.00810. The molecule has 0 atom stereocenters. The van der Waals surface area contributed by atoms with Crippen molar-refractivity contribution in [2.24, 2.45) is 5.73 Å². The molecule has 0 fully saturated rings. The summed E-state index contributed by atoms with van der Waals surface area (Å²) in [4.78, 5) is 16.5. The Morgan fingerprint density at radius 3 is 2.81 bits per heavy atom. The molecule has 2 aromatic rings. The van der Waals surface area contributed by atoms with E-state index in [0.717, 1.165) is 17.8 Å². The molecule has 2 N–H and O–H groups in total. The zero-order valence-electron chi connectivity index (χ0n) is 12.3. The molecule has 21 heavy (non-hydrogen) atoms. The summed E-state index contributed by atoms with van der Waals surface area (Å²) in [5.41, 5.74) is 8.46. The highest BCUT2D eigenvalue weighted by atomic mass is 35.5. The molecular weight excluding hydrogens is 288 g/mol. The third-order valence-electron chi connectivity index (χ3n) is 3.37. The lowest BCUT2D eigenvalue weighted by molar-refractivity contribution is 0.0990. The van der Waals surface area contributed by atoms with Gasteiger partial charge in [-0.15, -0.1) is 0 Å². The van der Waals surface area contributed by atoms with Gasteiger partial charge in [0.15, 0.2) is 5.78 Å². The molecule has 0 amide bonds. The lowest BCUT2D eigenvalue weighted by Gasteiger charge is -2.06.